The van der Waals surface area contributed by atoms with Gasteiger partial charge in [0.1, 0.15) is 0 Å². The Morgan fingerprint density at radius 1 is 1.28 bits per heavy atom. The number of nitrogens with one attached hydrogen (secondary N) is 1. The van der Waals surface area contributed by atoms with Gasteiger partial charge in [-0.3, -0.25) is 0 Å². The third-order valence-corrected chi connectivity index (χ3v) is 4.29. The lowest BCUT2D eigenvalue weighted by Crippen LogP contribution is -2.31. The van der Waals surface area contributed by atoms with Crippen LogP contribution in [0.1, 0.15) is 39.5 Å². The quantitative estimate of drug-likeness (QED) is 0.507. The molecule has 0 aliphatic carbocycles. The Hall–Kier alpha value is -0.180. The van der Waals surface area contributed by atoms with Crippen molar-refractivity contribution >= 4 is 23.4 Å². The van der Waals surface area contributed by atoms with Gasteiger partial charge < -0.3 is 5.32 Å². The van der Waals surface area contributed by atoms with E-state index in [4.69, 9.17) is 11.6 Å². The highest BCUT2D eigenvalue weighted by atomic mass is 35.5. The predicted molar refractivity (Wildman–Crippen MR) is 83.8 cm³/mol. The summed E-state index contributed by atoms with van der Waals surface area (Å²) in [5.41, 5.74) is 0. The Balaban J connectivity index is 2.36. The first-order valence-electron chi connectivity index (χ1n) is 6.88. The lowest BCUT2D eigenvalue weighted by atomic mass is 10.1. The van der Waals surface area contributed by atoms with Gasteiger partial charge in [-0.25, -0.2) is 0 Å². The number of halogens is 1. The lowest BCUT2D eigenvalue weighted by Gasteiger charge is -2.17. The molecule has 0 aromatic heterocycles. The number of rotatable bonds is 9. The van der Waals surface area contributed by atoms with Crippen LogP contribution in [-0.4, -0.2) is 18.3 Å². The maximum Gasteiger partial charge on any atom is 0.0417 e. The lowest BCUT2D eigenvalue weighted by molar-refractivity contribution is 0.506. The molecule has 1 aromatic carbocycles. The summed E-state index contributed by atoms with van der Waals surface area (Å²) >= 11 is 7.89. The Labute approximate surface area is 121 Å². The molecule has 3 heteroatoms. The zero-order chi connectivity index (χ0) is 13.2. The minimum absolute atomic E-state index is 0.616. The van der Waals surface area contributed by atoms with Crippen molar-refractivity contribution in [2.24, 2.45) is 0 Å². The van der Waals surface area contributed by atoms with Crippen LogP contribution in [0.25, 0.3) is 0 Å². The molecule has 1 nitrogen and oxygen atoms in total. The largest absolute Gasteiger partial charge is 0.313 e. The molecule has 1 atom stereocenters. The van der Waals surface area contributed by atoms with E-state index >= 15 is 0 Å². The van der Waals surface area contributed by atoms with Crippen LogP contribution in [-0.2, 0) is 0 Å². The van der Waals surface area contributed by atoms with E-state index in [1.165, 1.54) is 30.6 Å². The maximum absolute atomic E-state index is 5.99. The van der Waals surface area contributed by atoms with Crippen molar-refractivity contribution in [2.45, 2.75) is 50.5 Å². The van der Waals surface area contributed by atoms with Crippen LogP contribution in [0.2, 0.25) is 5.02 Å². The van der Waals surface area contributed by atoms with E-state index in [0.717, 1.165) is 17.3 Å². The van der Waals surface area contributed by atoms with Crippen LogP contribution < -0.4 is 5.32 Å². The third-order valence-electron chi connectivity index (χ3n) is 2.90. The second-order valence-corrected chi connectivity index (χ2v) is 6.05. The van der Waals surface area contributed by atoms with Gasteiger partial charge >= 0.3 is 0 Å². The molecule has 1 N–H and O–H groups in total. The fourth-order valence-electron chi connectivity index (χ4n) is 1.93. The Bertz CT molecular complexity index is 330. The first-order valence-corrected chi connectivity index (χ1v) is 8.24. The van der Waals surface area contributed by atoms with Crippen LogP contribution in [0.4, 0.5) is 0 Å². The molecule has 0 aliphatic rings. The average Bonchev–Trinajstić information content (AvgIpc) is 2.36. The predicted octanol–water partition coefficient (Wildman–Crippen LogP) is 4.99. The van der Waals surface area contributed by atoms with E-state index in [0.29, 0.717) is 6.04 Å². The zero-order valence-corrected chi connectivity index (χ0v) is 13.0. The van der Waals surface area contributed by atoms with E-state index < -0.39 is 0 Å². The van der Waals surface area contributed by atoms with Gasteiger partial charge in [0.2, 0.25) is 0 Å². The molecule has 102 valence electrons. The molecule has 1 rings (SSSR count). The van der Waals surface area contributed by atoms with Crippen LogP contribution in [0.5, 0.6) is 0 Å². The van der Waals surface area contributed by atoms with Gasteiger partial charge in [0.25, 0.3) is 0 Å². The van der Waals surface area contributed by atoms with Crippen molar-refractivity contribution < 1.29 is 0 Å². The molecule has 0 amide bonds. The summed E-state index contributed by atoms with van der Waals surface area (Å²) in [4.78, 5) is 1.26. The molecule has 1 unspecified atom stereocenters. The Kier molecular flexibility index (Phi) is 8.57. The summed E-state index contributed by atoms with van der Waals surface area (Å²) in [5, 5.41) is 4.40. The molecule has 0 fully saturated rings. The highest BCUT2D eigenvalue weighted by Crippen LogP contribution is 2.23. The highest BCUT2D eigenvalue weighted by Gasteiger charge is 2.07. The highest BCUT2D eigenvalue weighted by molar-refractivity contribution is 7.99. The Morgan fingerprint density at radius 3 is 2.78 bits per heavy atom. The van der Waals surface area contributed by atoms with Crippen molar-refractivity contribution in [2.75, 3.05) is 12.3 Å². The van der Waals surface area contributed by atoms with Gasteiger partial charge in [-0.1, -0.05) is 50.8 Å². The van der Waals surface area contributed by atoms with Crippen LogP contribution in [0, 0.1) is 0 Å². The normalized spacial score (nSPS) is 12.6. The molecular formula is C15H24ClNS. The molecule has 0 spiro atoms. The van der Waals surface area contributed by atoms with E-state index in [2.05, 4.69) is 25.2 Å². The summed E-state index contributed by atoms with van der Waals surface area (Å²) in [6, 6.07) is 8.73. The second-order valence-electron chi connectivity index (χ2n) is 4.52. The second kappa shape index (κ2) is 9.71. The average molecular weight is 286 g/mol. The van der Waals surface area contributed by atoms with E-state index in [1.807, 2.05) is 30.0 Å². The van der Waals surface area contributed by atoms with Gasteiger partial charge in [-0.15, -0.1) is 11.8 Å². The summed E-state index contributed by atoms with van der Waals surface area (Å²) in [5.74, 6) is 1.12. The molecular weight excluding hydrogens is 262 g/mol. The molecule has 0 bridgehead atoms. The summed E-state index contributed by atoms with van der Waals surface area (Å²) in [7, 11) is 0. The monoisotopic (exact) mass is 285 g/mol. The van der Waals surface area contributed by atoms with Crippen molar-refractivity contribution in [3.8, 4) is 0 Å². The maximum atomic E-state index is 5.99. The van der Waals surface area contributed by atoms with Crippen molar-refractivity contribution in [3.63, 3.8) is 0 Å². The molecule has 0 heterocycles. The molecule has 0 saturated heterocycles. The minimum Gasteiger partial charge on any atom is -0.313 e. The van der Waals surface area contributed by atoms with E-state index in [9.17, 15) is 0 Å². The molecule has 1 aromatic rings. The molecule has 0 radical (unpaired) electrons. The number of hydrogen-bond donors (Lipinski definition) is 1. The van der Waals surface area contributed by atoms with E-state index in [-0.39, 0.29) is 0 Å². The number of benzene rings is 1. The SMILES string of the molecule is CCCCCC(CSc1cccc(Cl)c1)NCC. The van der Waals surface area contributed by atoms with Crippen molar-refractivity contribution in [1.82, 2.24) is 5.32 Å². The molecule has 0 saturated carbocycles. The third kappa shape index (κ3) is 6.67. The van der Waals surface area contributed by atoms with E-state index in [1.54, 1.807) is 0 Å². The summed E-state index contributed by atoms with van der Waals surface area (Å²) in [6.45, 7) is 5.48. The van der Waals surface area contributed by atoms with Gasteiger partial charge in [-0.2, -0.15) is 0 Å². The number of unbranched alkanes of at least 4 members (excludes halogenated alkanes) is 2. The standard InChI is InChI=1S/C15H24ClNS/c1-3-5-6-9-14(17-4-2)12-18-15-10-7-8-13(16)11-15/h7-8,10-11,14,17H,3-6,9,12H2,1-2H3. The number of hydrogen-bond acceptors (Lipinski definition) is 2. The fraction of sp³-hybridized carbons (Fsp3) is 0.600. The Morgan fingerprint density at radius 2 is 2.11 bits per heavy atom. The fourth-order valence-corrected chi connectivity index (χ4v) is 3.25. The van der Waals surface area contributed by atoms with Gasteiger partial charge in [-0.05, 0) is 31.2 Å². The summed E-state index contributed by atoms with van der Waals surface area (Å²) in [6.07, 6.45) is 5.23. The topological polar surface area (TPSA) is 12.0 Å². The molecule has 18 heavy (non-hydrogen) atoms. The number of thioether (sulfide) groups is 1. The van der Waals surface area contributed by atoms with Gasteiger partial charge in [0, 0.05) is 21.7 Å². The molecule has 0 aliphatic heterocycles. The smallest absolute Gasteiger partial charge is 0.0417 e. The van der Waals surface area contributed by atoms with Crippen molar-refractivity contribution in [3.05, 3.63) is 29.3 Å². The zero-order valence-electron chi connectivity index (χ0n) is 11.4. The van der Waals surface area contributed by atoms with Crippen LogP contribution in [0.3, 0.4) is 0 Å². The van der Waals surface area contributed by atoms with Crippen LogP contribution in [0.15, 0.2) is 29.2 Å². The van der Waals surface area contributed by atoms with Gasteiger partial charge in [0.15, 0.2) is 0 Å². The first kappa shape index (κ1) is 15.9. The van der Waals surface area contributed by atoms with Gasteiger partial charge in [0.05, 0.1) is 0 Å². The minimum atomic E-state index is 0.616. The first-order chi connectivity index (χ1) is 8.76. The van der Waals surface area contributed by atoms with Crippen molar-refractivity contribution in [1.29, 1.82) is 0 Å². The summed E-state index contributed by atoms with van der Waals surface area (Å²) < 4.78 is 0. The van der Waals surface area contributed by atoms with Crippen LogP contribution >= 0.6 is 23.4 Å².